The van der Waals surface area contributed by atoms with Gasteiger partial charge in [0.1, 0.15) is 0 Å². The summed E-state index contributed by atoms with van der Waals surface area (Å²) in [5.74, 6) is 0. The number of nitrogens with one attached hydrogen (secondary N) is 1. The van der Waals surface area contributed by atoms with Crippen molar-refractivity contribution in [2.45, 2.75) is 25.4 Å². The maximum Gasteiger partial charge on any atom is 0.0613 e. The third-order valence-electron chi connectivity index (χ3n) is 2.51. The van der Waals surface area contributed by atoms with Crippen molar-refractivity contribution in [3.8, 4) is 0 Å². The van der Waals surface area contributed by atoms with Gasteiger partial charge < -0.3 is 10.1 Å². The van der Waals surface area contributed by atoms with Crippen LogP contribution in [-0.4, -0.2) is 19.8 Å². The highest BCUT2D eigenvalue weighted by Gasteiger charge is 2.12. The van der Waals surface area contributed by atoms with Crippen molar-refractivity contribution in [2.24, 2.45) is 0 Å². The third kappa shape index (κ3) is 4.17. The van der Waals surface area contributed by atoms with Crippen molar-refractivity contribution in [1.82, 2.24) is 5.32 Å². The fraction of sp³-hybridized carbons (Fsp3) is 0.429. The molecule has 1 aromatic carbocycles. The molecule has 0 heterocycles. The molecule has 16 heavy (non-hydrogen) atoms. The zero-order valence-corrected chi connectivity index (χ0v) is 10.1. The van der Waals surface area contributed by atoms with Crippen LogP contribution >= 0.6 is 0 Å². The van der Waals surface area contributed by atoms with Crippen LogP contribution in [0.25, 0.3) is 0 Å². The van der Waals surface area contributed by atoms with Gasteiger partial charge >= 0.3 is 0 Å². The largest absolute Gasteiger partial charge is 0.383 e. The zero-order valence-electron chi connectivity index (χ0n) is 10.1. The van der Waals surface area contributed by atoms with E-state index in [4.69, 9.17) is 4.74 Å². The monoisotopic (exact) mass is 219 g/mol. The SMILES string of the molecule is C=CC[C@H](N[C@@H](C)COC)c1ccccc1. The molecule has 2 heteroatoms. The highest BCUT2D eigenvalue weighted by molar-refractivity contribution is 5.19. The van der Waals surface area contributed by atoms with Crippen LogP contribution in [0.1, 0.15) is 24.9 Å². The van der Waals surface area contributed by atoms with Crippen molar-refractivity contribution in [3.63, 3.8) is 0 Å². The van der Waals surface area contributed by atoms with E-state index in [1.54, 1.807) is 7.11 Å². The van der Waals surface area contributed by atoms with Gasteiger partial charge in [-0.1, -0.05) is 36.4 Å². The molecule has 0 spiro atoms. The summed E-state index contributed by atoms with van der Waals surface area (Å²) in [7, 11) is 1.73. The topological polar surface area (TPSA) is 21.3 Å². The smallest absolute Gasteiger partial charge is 0.0613 e. The van der Waals surface area contributed by atoms with E-state index in [1.165, 1.54) is 5.56 Å². The molecule has 0 amide bonds. The summed E-state index contributed by atoms with van der Waals surface area (Å²) in [6, 6.07) is 11.1. The Hall–Kier alpha value is -1.12. The molecule has 2 atom stereocenters. The lowest BCUT2D eigenvalue weighted by Gasteiger charge is -2.22. The van der Waals surface area contributed by atoms with Gasteiger partial charge in [-0.25, -0.2) is 0 Å². The summed E-state index contributed by atoms with van der Waals surface area (Å²) in [6.45, 7) is 6.66. The minimum Gasteiger partial charge on any atom is -0.383 e. The third-order valence-corrected chi connectivity index (χ3v) is 2.51. The molecule has 0 aliphatic rings. The molecule has 1 aromatic rings. The summed E-state index contributed by atoms with van der Waals surface area (Å²) >= 11 is 0. The molecule has 0 radical (unpaired) electrons. The highest BCUT2D eigenvalue weighted by Crippen LogP contribution is 2.17. The van der Waals surface area contributed by atoms with E-state index in [0.29, 0.717) is 12.1 Å². The van der Waals surface area contributed by atoms with Gasteiger partial charge in [0, 0.05) is 19.2 Å². The molecule has 0 aliphatic carbocycles. The predicted molar refractivity (Wildman–Crippen MR) is 68.5 cm³/mol. The lowest BCUT2D eigenvalue weighted by atomic mass is 10.0. The average molecular weight is 219 g/mol. The molecule has 2 nitrogen and oxygen atoms in total. The van der Waals surface area contributed by atoms with Gasteiger partial charge in [0.2, 0.25) is 0 Å². The Morgan fingerprint density at radius 2 is 2.06 bits per heavy atom. The van der Waals surface area contributed by atoms with Crippen LogP contribution in [0.4, 0.5) is 0 Å². The summed E-state index contributed by atoms with van der Waals surface area (Å²) in [5, 5.41) is 3.54. The number of hydrogen-bond donors (Lipinski definition) is 1. The Morgan fingerprint density at radius 1 is 1.38 bits per heavy atom. The minimum atomic E-state index is 0.323. The van der Waals surface area contributed by atoms with Crippen LogP contribution in [0.15, 0.2) is 43.0 Å². The Morgan fingerprint density at radius 3 is 2.62 bits per heavy atom. The fourth-order valence-corrected chi connectivity index (χ4v) is 1.79. The number of hydrogen-bond acceptors (Lipinski definition) is 2. The van der Waals surface area contributed by atoms with E-state index in [0.717, 1.165) is 13.0 Å². The van der Waals surface area contributed by atoms with Crippen LogP contribution in [0.2, 0.25) is 0 Å². The average Bonchev–Trinajstić information content (AvgIpc) is 2.30. The van der Waals surface area contributed by atoms with E-state index in [2.05, 4.69) is 43.1 Å². The second-order valence-electron chi connectivity index (χ2n) is 4.01. The Kier molecular flexibility index (Phi) is 5.83. The standard InChI is InChI=1S/C14H21NO/c1-4-8-14(15-12(2)11-16-3)13-9-6-5-7-10-13/h4-7,9-10,12,14-15H,1,8,11H2,2-3H3/t12-,14-/m0/s1. The summed E-state index contributed by atoms with van der Waals surface area (Å²) in [6.07, 6.45) is 2.88. The van der Waals surface area contributed by atoms with E-state index < -0.39 is 0 Å². The number of methoxy groups -OCH3 is 1. The van der Waals surface area contributed by atoms with Gasteiger partial charge in [-0.2, -0.15) is 0 Å². The van der Waals surface area contributed by atoms with E-state index in [9.17, 15) is 0 Å². The first-order valence-electron chi connectivity index (χ1n) is 5.68. The molecular formula is C14H21NO. The molecule has 0 bridgehead atoms. The molecule has 1 N–H and O–H groups in total. The van der Waals surface area contributed by atoms with Gasteiger partial charge in [-0.15, -0.1) is 6.58 Å². The van der Waals surface area contributed by atoms with Crippen LogP contribution < -0.4 is 5.32 Å². The Labute approximate surface area is 98.3 Å². The Bertz CT molecular complexity index is 297. The lowest BCUT2D eigenvalue weighted by molar-refractivity contribution is 0.166. The van der Waals surface area contributed by atoms with Crippen molar-refractivity contribution in [2.75, 3.05) is 13.7 Å². The summed E-state index contributed by atoms with van der Waals surface area (Å²) in [5.41, 5.74) is 1.30. The van der Waals surface area contributed by atoms with Crippen LogP contribution in [0, 0.1) is 0 Å². The molecule has 0 unspecified atom stereocenters. The van der Waals surface area contributed by atoms with Crippen molar-refractivity contribution in [1.29, 1.82) is 0 Å². The van der Waals surface area contributed by atoms with Gasteiger partial charge in [0.15, 0.2) is 0 Å². The van der Waals surface area contributed by atoms with E-state index in [1.807, 2.05) is 12.1 Å². The van der Waals surface area contributed by atoms with Crippen molar-refractivity contribution < 1.29 is 4.74 Å². The highest BCUT2D eigenvalue weighted by atomic mass is 16.5. The molecule has 1 rings (SSSR count). The lowest BCUT2D eigenvalue weighted by Crippen LogP contribution is -2.33. The van der Waals surface area contributed by atoms with Crippen molar-refractivity contribution in [3.05, 3.63) is 48.6 Å². The molecule has 88 valence electrons. The first kappa shape index (κ1) is 12.9. The molecular weight excluding hydrogens is 198 g/mol. The number of rotatable bonds is 7. The van der Waals surface area contributed by atoms with Gasteiger partial charge in [-0.3, -0.25) is 0 Å². The second kappa shape index (κ2) is 7.20. The molecule has 0 aromatic heterocycles. The zero-order chi connectivity index (χ0) is 11.8. The molecule has 0 saturated carbocycles. The fourth-order valence-electron chi connectivity index (χ4n) is 1.79. The van der Waals surface area contributed by atoms with Gasteiger partial charge in [0.05, 0.1) is 6.61 Å². The molecule has 0 saturated heterocycles. The normalized spacial score (nSPS) is 14.4. The molecule has 0 fully saturated rings. The second-order valence-corrected chi connectivity index (χ2v) is 4.01. The van der Waals surface area contributed by atoms with E-state index >= 15 is 0 Å². The van der Waals surface area contributed by atoms with E-state index in [-0.39, 0.29) is 0 Å². The maximum atomic E-state index is 5.13. The maximum absolute atomic E-state index is 5.13. The van der Waals surface area contributed by atoms with Crippen LogP contribution in [0.3, 0.4) is 0 Å². The Balaban J connectivity index is 2.64. The predicted octanol–water partition coefficient (Wildman–Crippen LogP) is 2.93. The molecule has 0 aliphatic heterocycles. The quantitative estimate of drug-likeness (QED) is 0.712. The van der Waals surface area contributed by atoms with Gasteiger partial charge in [-0.05, 0) is 18.9 Å². The van der Waals surface area contributed by atoms with Crippen LogP contribution in [-0.2, 0) is 4.74 Å². The van der Waals surface area contributed by atoms with Crippen LogP contribution in [0.5, 0.6) is 0 Å². The van der Waals surface area contributed by atoms with Gasteiger partial charge in [0.25, 0.3) is 0 Å². The summed E-state index contributed by atoms with van der Waals surface area (Å²) < 4.78 is 5.13. The minimum absolute atomic E-state index is 0.323. The number of ether oxygens (including phenoxy) is 1. The number of benzene rings is 1. The first-order chi connectivity index (χ1) is 7.77. The summed E-state index contributed by atoms with van der Waals surface area (Å²) in [4.78, 5) is 0. The first-order valence-corrected chi connectivity index (χ1v) is 5.68. The van der Waals surface area contributed by atoms with Crippen molar-refractivity contribution >= 4 is 0 Å².